The molecule has 0 bridgehead atoms. The van der Waals surface area contributed by atoms with Crippen molar-refractivity contribution in [2.45, 2.75) is 13.0 Å². The van der Waals surface area contributed by atoms with E-state index in [9.17, 15) is 5.11 Å². The second-order valence-electron chi connectivity index (χ2n) is 5.53. The van der Waals surface area contributed by atoms with Crippen LogP contribution in [0.15, 0.2) is 59.3 Å². The number of nitrogens with zero attached hydrogens (tertiary/aromatic N) is 3. The van der Waals surface area contributed by atoms with Crippen LogP contribution < -0.4 is 10.6 Å². The monoisotopic (exact) mass is 399 g/mol. The Labute approximate surface area is 154 Å². The molecule has 128 valence electrons. The summed E-state index contributed by atoms with van der Waals surface area (Å²) in [4.78, 5) is 13.1. The molecule has 0 saturated heterocycles. The lowest BCUT2D eigenvalue weighted by Gasteiger charge is -2.14. The predicted molar refractivity (Wildman–Crippen MR) is 103 cm³/mol. The molecular weight excluding hydrogens is 382 g/mol. The maximum absolute atomic E-state index is 9.28. The summed E-state index contributed by atoms with van der Waals surface area (Å²) in [6.45, 7) is 1.86. The van der Waals surface area contributed by atoms with E-state index >= 15 is 0 Å². The molecule has 0 aliphatic carbocycles. The molecule has 0 unspecified atom stereocenters. The summed E-state index contributed by atoms with van der Waals surface area (Å²) in [5, 5.41) is 15.7. The van der Waals surface area contributed by atoms with Crippen molar-refractivity contribution in [3.05, 3.63) is 59.3 Å². The van der Waals surface area contributed by atoms with Crippen LogP contribution in [0.1, 0.15) is 6.92 Å². The van der Waals surface area contributed by atoms with Crippen molar-refractivity contribution in [3.63, 3.8) is 0 Å². The third-order valence-electron chi connectivity index (χ3n) is 3.49. The summed E-state index contributed by atoms with van der Waals surface area (Å²) >= 11 is 3.52. The van der Waals surface area contributed by atoms with Gasteiger partial charge < -0.3 is 15.7 Å². The van der Waals surface area contributed by atoms with Crippen molar-refractivity contribution in [1.29, 1.82) is 0 Å². The summed E-state index contributed by atoms with van der Waals surface area (Å²) in [5.41, 5.74) is 2.61. The lowest BCUT2D eigenvalue weighted by atomic mass is 10.2. The smallest absolute Gasteiger partial charge is 0.225 e. The van der Waals surface area contributed by atoms with Crippen molar-refractivity contribution in [3.8, 4) is 11.3 Å². The van der Waals surface area contributed by atoms with Gasteiger partial charge in [-0.1, -0.05) is 12.1 Å². The molecule has 0 saturated carbocycles. The van der Waals surface area contributed by atoms with Crippen LogP contribution in [0.5, 0.6) is 0 Å². The number of aromatic nitrogens is 3. The average Bonchev–Trinajstić information content (AvgIpc) is 2.64. The Bertz CT molecular complexity index is 844. The van der Waals surface area contributed by atoms with Gasteiger partial charge in [0.25, 0.3) is 0 Å². The zero-order valence-corrected chi connectivity index (χ0v) is 15.2. The number of rotatable bonds is 6. The molecule has 1 atom stereocenters. The first kappa shape index (κ1) is 17.3. The van der Waals surface area contributed by atoms with Crippen molar-refractivity contribution >= 4 is 33.4 Å². The number of hydrogen-bond acceptors (Lipinski definition) is 6. The van der Waals surface area contributed by atoms with Crippen molar-refractivity contribution in [2.75, 3.05) is 17.2 Å². The molecule has 0 fully saturated rings. The van der Waals surface area contributed by atoms with Gasteiger partial charge in [0.15, 0.2) is 0 Å². The summed E-state index contributed by atoms with van der Waals surface area (Å²) in [6, 6.07) is 13.3. The number of halogens is 1. The van der Waals surface area contributed by atoms with E-state index in [0.717, 1.165) is 21.4 Å². The van der Waals surface area contributed by atoms with Crippen LogP contribution in [0, 0.1) is 0 Å². The number of hydrogen-bond donors (Lipinski definition) is 3. The zero-order valence-electron chi connectivity index (χ0n) is 13.6. The first-order valence-electron chi connectivity index (χ1n) is 7.84. The Morgan fingerprint density at radius 1 is 1.12 bits per heavy atom. The van der Waals surface area contributed by atoms with E-state index in [-0.39, 0.29) is 12.6 Å². The van der Waals surface area contributed by atoms with Gasteiger partial charge in [0.05, 0.1) is 18.0 Å². The van der Waals surface area contributed by atoms with Crippen molar-refractivity contribution in [2.24, 2.45) is 0 Å². The van der Waals surface area contributed by atoms with E-state index in [1.807, 2.05) is 49.4 Å². The SMILES string of the molecule is C[C@@H](CO)Nc1nc(Nc2ccccc2Br)cc(-c2ccncc2)n1. The number of aliphatic hydroxyl groups is 1. The second-order valence-corrected chi connectivity index (χ2v) is 6.39. The van der Waals surface area contributed by atoms with E-state index in [4.69, 9.17) is 0 Å². The maximum Gasteiger partial charge on any atom is 0.225 e. The van der Waals surface area contributed by atoms with E-state index in [2.05, 4.69) is 41.5 Å². The normalized spacial score (nSPS) is 11.8. The van der Waals surface area contributed by atoms with Crippen LogP contribution in [0.3, 0.4) is 0 Å². The molecule has 0 aliphatic rings. The third kappa shape index (κ3) is 4.52. The Kier molecular flexibility index (Phi) is 5.57. The Balaban J connectivity index is 1.99. The molecule has 25 heavy (non-hydrogen) atoms. The minimum Gasteiger partial charge on any atom is -0.394 e. The van der Waals surface area contributed by atoms with Gasteiger partial charge in [0.2, 0.25) is 5.95 Å². The van der Waals surface area contributed by atoms with Gasteiger partial charge in [-0.3, -0.25) is 4.98 Å². The summed E-state index contributed by atoms with van der Waals surface area (Å²) < 4.78 is 0.942. The first-order valence-corrected chi connectivity index (χ1v) is 8.63. The summed E-state index contributed by atoms with van der Waals surface area (Å²) in [7, 11) is 0. The number of nitrogens with one attached hydrogen (secondary N) is 2. The van der Waals surface area contributed by atoms with E-state index in [0.29, 0.717) is 11.8 Å². The fourth-order valence-corrected chi connectivity index (χ4v) is 2.60. The third-order valence-corrected chi connectivity index (χ3v) is 4.18. The quantitative estimate of drug-likeness (QED) is 0.583. The molecule has 7 heteroatoms. The molecular formula is C18H18BrN5O. The Morgan fingerprint density at radius 2 is 1.88 bits per heavy atom. The van der Waals surface area contributed by atoms with Gasteiger partial charge in [-0.15, -0.1) is 0 Å². The highest BCUT2D eigenvalue weighted by Crippen LogP contribution is 2.27. The van der Waals surface area contributed by atoms with Gasteiger partial charge in [-0.25, -0.2) is 4.98 Å². The fraction of sp³-hybridized carbons (Fsp3) is 0.167. The lowest BCUT2D eigenvalue weighted by molar-refractivity contribution is 0.281. The fourth-order valence-electron chi connectivity index (χ4n) is 2.21. The largest absolute Gasteiger partial charge is 0.394 e. The maximum atomic E-state index is 9.28. The molecule has 3 rings (SSSR count). The molecule has 3 N–H and O–H groups in total. The van der Waals surface area contributed by atoms with Crippen LogP contribution in [-0.2, 0) is 0 Å². The topological polar surface area (TPSA) is 83.0 Å². The molecule has 3 aromatic rings. The second kappa shape index (κ2) is 8.04. The number of anilines is 3. The van der Waals surface area contributed by atoms with Crippen LogP contribution in [0.2, 0.25) is 0 Å². The van der Waals surface area contributed by atoms with E-state index in [1.54, 1.807) is 12.4 Å². The Hall–Kier alpha value is -2.51. The number of aliphatic hydroxyl groups excluding tert-OH is 1. The summed E-state index contributed by atoms with van der Waals surface area (Å²) in [5.74, 6) is 1.10. The molecule has 0 spiro atoms. The Morgan fingerprint density at radius 3 is 2.60 bits per heavy atom. The van der Waals surface area contributed by atoms with Gasteiger partial charge in [0.1, 0.15) is 5.82 Å². The highest BCUT2D eigenvalue weighted by atomic mass is 79.9. The highest BCUT2D eigenvalue weighted by Gasteiger charge is 2.10. The van der Waals surface area contributed by atoms with Crippen molar-refractivity contribution in [1.82, 2.24) is 15.0 Å². The lowest BCUT2D eigenvalue weighted by Crippen LogP contribution is -2.21. The van der Waals surface area contributed by atoms with Crippen molar-refractivity contribution < 1.29 is 5.11 Å². The highest BCUT2D eigenvalue weighted by molar-refractivity contribution is 9.10. The van der Waals surface area contributed by atoms with Crippen LogP contribution in [0.25, 0.3) is 11.3 Å². The number of para-hydroxylation sites is 1. The van der Waals surface area contributed by atoms with E-state index < -0.39 is 0 Å². The number of benzene rings is 1. The van der Waals surface area contributed by atoms with E-state index in [1.165, 1.54) is 0 Å². The van der Waals surface area contributed by atoms with Crippen LogP contribution >= 0.6 is 15.9 Å². The first-order chi connectivity index (χ1) is 12.2. The molecule has 0 radical (unpaired) electrons. The minimum absolute atomic E-state index is 0.00413. The van der Waals surface area contributed by atoms with Crippen LogP contribution in [-0.4, -0.2) is 32.7 Å². The number of pyridine rings is 1. The molecule has 2 aromatic heterocycles. The standard InChI is InChI=1S/C18H18BrN5O/c1-12(11-25)21-18-23-16(13-6-8-20-9-7-13)10-17(24-18)22-15-5-3-2-4-14(15)19/h2-10,12,25H,11H2,1H3,(H2,21,22,23,24)/t12-/m0/s1. The zero-order chi connectivity index (χ0) is 17.6. The molecule has 0 aliphatic heterocycles. The van der Waals surface area contributed by atoms with Gasteiger partial charge >= 0.3 is 0 Å². The molecule has 6 nitrogen and oxygen atoms in total. The van der Waals surface area contributed by atoms with Crippen LogP contribution in [0.4, 0.5) is 17.5 Å². The molecule has 1 aromatic carbocycles. The van der Waals surface area contributed by atoms with Gasteiger partial charge in [0, 0.05) is 34.5 Å². The minimum atomic E-state index is -0.149. The van der Waals surface area contributed by atoms with Gasteiger partial charge in [-0.2, -0.15) is 4.98 Å². The predicted octanol–water partition coefficient (Wildman–Crippen LogP) is 3.84. The molecule has 0 amide bonds. The average molecular weight is 400 g/mol. The summed E-state index contributed by atoms with van der Waals surface area (Å²) in [6.07, 6.45) is 3.45. The van der Waals surface area contributed by atoms with Gasteiger partial charge in [-0.05, 0) is 47.1 Å². The molecule has 2 heterocycles.